The normalized spacial score (nSPS) is 12.7. The van der Waals surface area contributed by atoms with Crippen LogP contribution in [-0.2, 0) is 0 Å². The molecule has 0 rings (SSSR count). The molecule has 11 heavy (non-hydrogen) atoms. The average Bonchev–Trinajstić information content (AvgIpc) is 1.97. The van der Waals surface area contributed by atoms with Crippen LogP contribution in [0.4, 0.5) is 8.78 Å². The summed E-state index contributed by atoms with van der Waals surface area (Å²) in [5.41, 5.74) is 0. The molecule has 0 N–H and O–H groups in total. The summed E-state index contributed by atoms with van der Waals surface area (Å²) in [4.78, 5) is 0. The minimum Gasteiger partial charge on any atom is -0.174 e. The summed E-state index contributed by atoms with van der Waals surface area (Å²) in [6, 6.07) is 0. The zero-order valence-corrected chi connectivity index (χ0v) is 6.95. The molecular formula is C9H15F2. The van der Waals surface area contributed by atoms with E-state index >= 15 is 0 Å². The fraction of sp³-hybridized carbons (Fsp3) is 0.667. The Morgan fingerprint density at radius 2 is 2.18 bits per heavy atom. The molecule has 0 fully saturated rings. The second-order valence-electron chi connectivity index (χ2n) is 2.65. The van der Waals surface area contributed by atoms with Gasteiger partial charge in [-0.3, -0.25) is 0 Å². The van der Waals surface area contributed by atoms with Crippen LogP contribution < -0.4 is 0 Å². The zero-order valence-electron chi connectivity index (χ0n) is 6.95. The molecule has 65 valence electrons. The third-order valence-electron chi connectivity index (χ3n) is 1.66. The summed E-state index contributed by atoms with van der Waals surface area (Å²) < 4.78 is 23.5. The lowest BCUT2D eigenvalue weighted by Gasteiger charge is -2.06. The van der Waals surface area contributed by atoms with E-state index in [1.54, 1.807) is 0 Å². The summed E-state index contributed by atoms with van der Waals surface area (Å²) in [5, 5.41) is 0. The second-order valence-corrected chi connectivity index (χ2v) is 2.65. The molecular weight excluding hydrogens is 146 g/mol. The van der Waals surface area contributed by atoms with Crippen LogP contribution >= 0.6 is 0 Å². The van der Waals surface area contributed by atoms with Crippen molar-refractivity contribution in [1.29, 1.82) is 0 Å². The molecule has 0 saturated carbocycles. The zero-order chi connectivity index (χ0) is 8.69. The maximum atomic E-state index is 11.7. The molecule has 0 heterocycles. The van der Waals surface area contributed by atoms with Crippen molar-refractivity contribution in [2.75, 3.05) is 0 Å². The van der Waals surface area contributed by atoms with Crippen LogP contribution in [0.25, 0.3) is 0 Å². The smallest absolute Gasteiger partial charge is 0.174 e. The predicted molar refractivity (Wildman–Crippen MR) is 43.3 cm³/mol. The summed E-state index contributed by atoms with van der Waals surface area (Å²) in [6.45, 7) is 5.67. The van der Waals surface area contributed by atoms with Gasteiger partial charge in [-0.1, -0.05) is 26.7 Å². The van der Waals surface area contributed by atoms with E-state index in [-0.39, 0.29) is 5.92 Å². The molecule has 0 aliphatic carbocycles. The number of unbranched alkanes of at least 4 members (excludes halogenated alkanes) is 1. The van der Waals surface area contributed by atoms with Crippen molar-refractivity contribution in [3.05, 3.63) is 19.1 Å². The molecule has 0 aromatic heterocycles. The lowest BCUT2D eigenvalue weighted by atomic mass is 10.00. The highest BCUT2D eigenvalue weighted by Gasteiger charge is 2.03. The van der Waals surface area contributed by atoms with Gasteiger partial charge >= 0.3 is 0 Å². The van der Waals surface area contributed by atoms with Gasteiger partial charge in [0, 0.05) is 0 Å². The largest absolute Gasteiger partial charge is 0.266 e. The van der Waals surface area contributed by atoms with E-state index in [1.807, 2.05) is 0 Å². The van der Waals surface area contributed by atoms with Crippen LogP contribution in [0, 0.1) is 12.8 Å². The van der Waals surface area contributed by atoms with Crippen LogP contribution in [0.15, 0.2) is 12.2 Å². The molecule has 0 nitrogen and oxygen atoms in total. The Labute approximate surface area is 67.3 Å². The number of allylic oxidation sites excluding steroid dienone is 1. The van der Waals surface area contributed by atoms with E-state index in [0.29, 0.717) is 6.42 Å². The molecule has 1 unspecified atom stereocenters. The predicted octanol–water partition coefficient (Wildman–Crippen LogP) is 3.80. The van der Waals surface area contributed by atoms with Crippen LogP contribution in [0.1, 0.15) is 32.6 Å². The Balaban J connectivity index is 3.67. The van der Waals surface area contributed by atoms with Crippen LogP contribution in [0.3, 0.4) is 0 Å². The molecule has 2 heteroatoms. The summed E-state index contributed by atoms with van der Waals surface area (Å²) in [6.07, 6.45) is 2.90. The van der Waals surface area contributed by atoms with Crippen LogP contribution in [-0.4, -0.2) is 0 Å². The topological polar surface area (TPSA) is 0 Å². The highest BCUT2D eigenvalue weighted by molar-refractivity contribution is 4.88. The fourth-order valence-electron chi connectivity index (χ4n) is 0.955. The molecule has 0 bridgehead atoms. The van der Waals surface area contributed by atoms with Crippen molar-refractivity contribution < 1.29 is 8.78 Å². The Hall–Kier alpha value is -0.400. The monoisotopic (exact) mass is 161 g/mol. The average molecular weight is 161 g/mol. The third-order valence-corrected chi connectivity index (χ3v) is 1.66. The Morgan fingerprint density at radius 1 is 1.55 bits per heavy atom. The number of hydrogen-bond donors (Lipinski definition) is 0. The lowest BCUT2D eigenvalue weighted by Crippen LogP contribution is -1.94. The molecule has 0 aromatic carbocycles. The lowest BCUT2D eigenvalue weighted by molar-refractivity contribution is 0.403. The fourth-order valence-corrected chi connectivity index (χ4v) is 0.955. The van der Waals surface area contributed by atoms with Gasteiger partial charge in [-0.05, 0) is 24.8 Å². The molecule has 0 saturated heterocycles. The van der Waals surface area contributed by atoms with Crippen LogP contribution in [0.2, 0.25) is 0 Å². The maximum Gasteiger partial charge on any atom is 0.266 e. The quantitative estimate of drug-likeness (QED) is 0.575. The van der Waals surface area contributed by atoms with Gasteiger partial charge in [0.2, 0.25) is 0 Å². The standard InChI is InChI=1S/C9H15F2/c1-3-5-6-8(4-2)7-9(10)11/h7-8H,2-6H2,1H3. The van der Waals surface area contributed by atoms with Crippen molar-refractivity contribution in [1.82, 2.24) is 0 Å². The first-order chi connectivity index (χ1) is 5.20. The van der Waals surface area contributed by atoms with Crippen molar-refractivity contribution in [3.8, 4) is 0 Å². The van der Waals surface area contributed by atoms with E-state index in [4.69, 9.17) is 0 Å². The first-order valence-electron chi connectivity index (χ1n) is 4.02. The molecule has 0 aromatic rings. The van der Waals surface area contributed by atoms with Crippen LogP contribution in [0.5, 0.6) is 0 Å². The first kappa shape index (κ1) is 10.6. The number of hydrogen-bond acceptors (Lipinski definition) is 0. The van der Waals surface area contributed by atoms with Gasteiger partial charge in [-0.25, -0.2) is 0 Å². The highest BCUT2D eigenvalue weighted by Crippen LogP contribution is 2.16. The van der Waals surface area contributed by atoms with Gasteiger partial charge < -0.3 is 0 Å². The van der Waals surface area contributed by atoms with Crippen molar-refractivity contribution in [2.45, 2.75) is 32.6 Å². The van der Waals surface area contributed by atoms with Crippen molar-refractivity contribution >= 4 is 0 Å². The minimum atomic E-state index is -1.57. The molecule has 0 amide bonds. The summed E-state index contributed by atoms with van der Waals surface area (Å²) in [7, 11) is 0. The molecule has 0 aliphatic rings. The van der Waals surface area contributed by atoms with E-state index < -0.39 is 6.08 Å². The second kappa shape index (κ2) is 6.32. The molecule has 1 radical (unpaired) electrons. The Morgan fingerprint density at radius 3 is 2.55 bits per heavy atom. The van der Waals surface area contributed by atoms with Gasteiger partial charge in [0.05, 0.1) is 0 Å². The van der Waals surface area contributed by atoms with Crippen molar-refractivity contribution in [3.63, 3.8) is 0 Å². The van der Waals surface area contributed by atoms with Gasteiger partial charge in [0.15, 0.2) is 0 Å². The Bertz CT molecular complexity index is 115. The van der Waals surface area contributed by atoms with E-state index in [0.717, 1.165) is 25.3 Å². The Kier molecular flexibility index (Phi) is 6.09. The highest BCUT2D eigenvalue weighted by atomic mass is 19.3. The van der Waals surface area contributed by atoms with Gasteiger partial charge in [-0.15, -0.1) is 0 Å². The number of rotatable bonds is 5. The number of halogens is 2. The van der Waals surface area contributed by atoms with Gasteiger partial charge in [0.1, 0.15) is 0 Å². The minimum absolute atomic E-state index is 0.0278. The third kappa shape index (κ3) is 6.02. The summed E-state index contributed by atoms with van der Waals surface area (Å²) in [5.74, 6) is -0.0278. The molecule has 0 aliphatic heterocycles. The SMILES string of the molecule is [CH2]CC(C=C(F)F)CCCC. The molecule has 1 atom stereocenters. The molecule has 0 spiro atoms. The maximum absolute atomic E-state index is 11.7. The van der Waals surface area contributed by atoms with E-state index in [9.17, 15) is 8.78 Å². The van der Waals surface area contributed by atoms with E-state index in [2.05, 4.69) is 13.8 Å². The van der Waals surface area contributed by atoms with Gasteiger partial charge in [-0.2, -0.15) is 8.78 Å². The van der Waals surface area contributed by atoms with Crippen molar-refractivity contribution in [2.24, 2.45) is 5.92 Å². The van der Waals surface area contributed by atoms with E-state index in [1.165, 1.54) is 0 Å². The first-order valence-corrected chi connectivity index (χ1v) is 4.02. The summed E-state index contributed by atoms with van der Waals surface area (Å²) >= 11 is 0. The van der Waals surface area contributed by atoms with Gasteiger partial charge in [0.25, 0.3) is 6.08 Å².